The van der Waals surface area contributed by atoms with Gasteiger partial charge in [-0.15, -0.1) is 5.10 Å². The smallest absolute Gasteiger partial charge is 0.362 e. The molecule has 0 saturated carbocycles. The summed E-state index contributed by atoms with van der Waals surface area (Å²) in [6, 6.07) is 0. The van der Waals surface area contributed by atoms with Crippen LogP contribution >= 0.6 is 0 Å². The Balaban J connectivity index is 2.17. The molecule has 2 rings (SSSR count). The molecule has 1 amide bonds. The quantitative estimate of drug-likeness (QED) is 0.248. The Hall–Kier alpha value is -3.84. The van der Waals surface area contributed by atoms with E-state index in [9.17, 15) is 9.59 Å². The van der Waals surface area contributed by atoms with Crippen molar-refractivity contribution < 1.29 is 24.2 Å². The molecule has 0 unspecified atom stereocenters. The summed E-state index contributed by atoms with van der Waals surface area (Å²) in [5.74, 6) is -1.58. The summed E-state index contributed by atoms with van der Waals surface area (Å²) in [7, 11) is 0. The third kappa shape index (κ3) is 3.63. The summed E-state index contributed by atoms with van der Waals surface area (Å²) in [5.41, 5.74) is 7.42. The van der Waals surface area contributed by atoms with Crippen LogP contribution in [-0.2, 0) is 9.53 Å². The van der Waals surface area contributed by atoms with Crippen molar-refractivity contribution in [1.82, 2.24) is 30.7 Å². The van der Waals surface area contributed by atoms with Gasteiger partial charge in [-0.25, -0.2) is 14.8 Å². The van der Waals surface area contributed by atoms with Crippen LogP contribution in [0.3, 0.4) is 0 Å². The van der Waals surface area contributed by atoms with E-state index in [1.807, 2.05) is 0 Å². The van der Waals surface area contributed by atoms with Crippen LogP contribution in [0.5, 0.6) is 0 Å². The molecule has 0 fully saturated rings. The highest BCUT2D eigenvalue weighted by Gasteiger charge is 2.22. The molecule has 0 atom stereocenters. The van der Waals surface area contributed by atoms with Gasteiger partial charge in [0.2, 0.25) is 17.3 Å². The fourth-order valence-electron chi connectivity index (χ4n) is 1.78. The van der Waals surface area contributed by atoms with E-state index >= 15 is 0 Å². The molecular weight excluding hydrogens is 350 g/mol. The lowest BCUT2D eigenvalue weighted by atomic mass is 10.2. The molecular formula is C12H15N9O5. The number of anilines is 1. The Labute approximate surface area is 145 Å². The molecule has 0 bridgehead atoms. The van der Waals surface area contributed by atoms with E-state index in [0.29, 0.717) is 5.69 Å². The number of aromatic nitrogens is 5. The lowest BCUT2D eigenvalue weighted by molar-refractivity contribution is -0.134. The number of nitrogens with one attached hydrogen (secondary N) is 1. The first-order valence-corrected chi connectivity index (χ1v) is 7.15. The Morgan fingerprint density at radius 3 is 2.73 bits per heavy atom. The highest BCUT2D eigenvalue weighted by atomic mass is 16.6. The standard InChI is InChI=1S/C12H15N9O5/c1-4-25-12(23)7(17-24)5(2)14-16-11(22)8-6(3)21(20-15-8)10-9(13)18-26-19-10/h24H,4H2,1-3H3,(H2,13,18)(H,16,22)/b14-5+,17-7+. The number of hydrogen-bond donors (Lipinski definition) is 3. The van der Waals surface area contributed by atoms with Crippen molar-refractivity contribution in [2.24, 2.45) is 10.3 Å². The van der Waals surface area contributed by atoms with Crippen LogP contribution in [0, 0.1) is 6.92 Å². The molecule has 2 heterocycles. The topological polar surface area (TPSA) is 196 Å². The van der Waals surface area contributed by atoms with Gasteiger partial charge in [0, 0.05) is 0 Å². The number of amides is 1. The van der Waals surface area contributed by atoms with Crippen LogP contribution in [0.1, 0.15) is 30.0 Å². The predicted octanol–water partition coefficient (Wildman–Crippen LogP) is -0.960. The summed E-state index contributed by atoms with van der Waals surface area (Å²) in [4.78, 5) is 23.8. The average Bonchev–Trinajstić information content (AvgIpc) is 3.19. The zero-order valence-corrected chi connectivity index (χ0v) is 14.0. The molecule has 0 aromatic carbocycles. The maximum Gasteiger partial charge on any atom is 0.362 e. The fourth-order valence-corrected chi connectivity index (χ4v) is 1.78. The molecule has 0 aliphatic carbocycles. The molecule has 14 heteroatoms. The molecule has 2 aromatic rings. The minimum Gasteiger partial charge on any atom is -0.461 e. The van der Waals surface area contributed by atoms with Gasteiger partial charge < -0.3 is 15.7 Å². The van der Waals surface area contributed by atoms with E-state index in [1.54, 1.807) is 13.8 Å². The number of nitrogens with zero attached hydrogens (tertiary/aromatic N) is 7. The van der Waals surface area contributed by atoms with Gasteiger partial charge >= 0.3 is 5.97 Å². The number of carbonyl (C=O) groups is 2. The predicted molar refractivity (Wildman–Crippen MR) is 84.8 cm³/mol. The monoisotopic (exact) mass is 365 g/mol. The van der Waals surface area contributed by atoms with Crippen molar-refractivity contribution in [3.8, 4) is 5.82 Å². The van der Waals surface area contributed by atoms with Crippen LogP contribution in [0.15, 0.2) is 14.9 Å². The van der Waals surface area contributed by atoms with Gasteiger partial charge in [-0.1, -0.05) is 10.4 Å². The molecule has 0 aliphatic rings. The minimum atomic E-state index is -0.887. The van der Waals surface area contributed by atoms with Gasteiger partial charge in [0.25, 0.3) is 5.91 Å². The zero-order chi connectivity index (χ0) is 19.3. The van der Waals surface area contributed by atoms with Crippen LogP contribution in [0.4, 0.5) is 5.82 Å². The van der Waals surface area contributed by atoms with E-state index < -0.39 is 17.6 Å². The fraction of sp³-hybridized carbons (Fsp3) is 0.333. The van der Waals surface area contributed by atoms with Crippen molar-refractivity contribution in [3.05, 3.63) is 11.4 Å². The highest BCUT2D eigenvalue weighted by Crippen LogP contribution is 2.14. The number of rotatable bonds is 6. The van der Waals surface area contributed by atoms with Gasteiger partial charge in [0.05, 0.1) is 18.0 Å². The van der Waals surface area contributed by atoms with Crippen molar-refractivity contribution in [2.75, 3.05) is 12.3 Å². The molecule has 4 N–H and O–H groups in total. The van der Waals surface area contributed by atoms with Gasteiger partial charge in [-0.05, 0) is 31.1 Å². The van der Waals surface area contributed by atoms with Gasteiger partial charge in [-0.2, -0.15) is 9.78 Å². The molecule has 0 aliphatic heterocycles. The Morgan fingerprint density at radius 2 is 2.15 bits per heavy atom. The molecule has 14 nitrogen and oxygen atoms in total. The number of hydrazone groups is 1. The van der Waals surface area contributed by atoms with Gasteiger partial charge in [0.1, 0.15) is 0 Å². The molecule has 0 saturated heterocycles. The van der Waals surface area contributed by atoms with Crippen LogP contribution in [0.25, 0.3) is 5.82 Å². The number of ether oxygens (including phenoxy) is 1. The number of esters is 1. The second kappa shape index (κ2) is 7.82. The van der Waals surface area contributed by atoms with Gasteiger partial charge in [0.15, 0.2) is 5.69 Å². The Morgan fingerprint density at radius 1 is 1.42 bits per heavy atom. The second-order valence-electron chi connectivity index (χ2n) is 4.72. The molecule has 2 aromatic heterocycles. The first kappa shape index (κ1) is 18.5. The number of nitrogen functional groups attached to an aromatic ring is 1. The normalized spacial score (nSPS) is 12.1. The average molecular weight is 365 g/mol. The van der Waals surface area contributed by atoms with E-state index in [0.717, 1.165) is 4.68 Å². The number of hydrogen-bond acceptors (Lipinski definition) is 12. The highest BCUT2D eigenvalue weighted by molar-refractivity contribution is 6.65. The molecule has 0 radical (unpaired) electrons. The van der Waals surface area contributed by atoms with Crippen LogP contribution in [0.2, 0.25) is 0 Å². The van der Waals surface area contributed by atoms with E-state index in [-0.39, 0.29) is 29.6 Å². The van der Waals surface area contributed by atoms with Crippen molar-refractivity contribution >= 4 is 29.1 Å². The van der Waals surface area contributed by atoms with E-state index in [4.69, 9.17) is 15.7 Å². The summed E-state index contributed by atoms with van der Waals surface area (Å²) in [5, 5.41) is 29.8. The molecule has 26 heavy (non-hydrogen) atoms. The zero-order valence-electron chi connectivity index (χ0n) is 14.0. The third-order valence-electron chi connectivity index (χ3n) is 3.04. The van der Waals surface area contributed by atoms with E-state index in [2.05, 4.69) is 40.9 Å². The summed E-state index contributed by atoms with van der Waals surface area (Å²) < 4.78 is 10.3. The minimum absolute atomic E-state index is 0.0305. The summed E-state index contributed by atoms with van der Waals surface area (Å²) in [6.07, 6.45) is 0. The first-order chi connectivity index (χ1) is 12.4. The third-order valence-corrected chi connectivity index (χ3v) is 3.04. The summed E-state index contributed by atoms with van der Waals surface area (Å²) >= 11 is 0. The van der Waals surface area contributed by atoms with Gasteiger partial charge in [-0.3, -0.25) is 4.79 Å². The summed E-state index contributed by atoms with van der Waals surface area (Å²) in [6.45, 7) is 4.56. The van der Waals surface area contributed by atoms with E-state index in [1.165, 1.54) is 6.92 Å². The van der Waals surface area contributed by atoms with Crippen molar-refractivity contribution in [3.63, 3.8) is 0 Å². The van der Waals surface area contributed by atoms with Crippen molar-refractivity contribution in [2.45, 2.75) is 20.8 Å². The molecule has 0 spiro atoms. The van der Waals surface area contributed by atoms with Crippen LogP contribution in [-0.4, -0.2) is 60.4 Å². The number of oxime groups is 1. The lowest BCUT2D eigenvalue weighted by Crippen LogP contribution is -2.28. The number of nitrogens with two attached hydrogens (primary N) is 1. The van der Waals surface area contributed by atoms with Crippen LogP contribution < -0.4 is 11.2 Å². The molecule has 138 valence electrons. The lowest BCUT2D eigenvalue weighted by Gasteiger charge is -2.04. The number of carbonyl (C=O) groups excluding carboxylic acids is 2. The Bertz CT molecular complexity index is 882. The SMILES string of the molecule is CCOC(=O)C(=N/O)/C(C)=N/NC(=O)c1nnn(-c2nonc2N)c1C. The second-order valence-corrected chi connectivity index (χ2v) is 4.72. The maximum atomic E-state index is 12.2. The van der Waals surface area contributed by atoms with Crippen molar-refractivity contribution in [1.29, 1.82) is 0 Å². The first-order valence-electron chi connectivity index (χ1n) is 7.15. The Kier molecular flexibility index (Phi) is 5.56. The maximum absolute atomic E-state index is 12.2. The largest absolute Gasteiger partial charge is 0.461 e.